The minimum atomic E-state index is -1.14. The fourth-order valence-electron chi connectivity index (χ4n) is 4.66. The van der Waals surface area contributed by atoms with Gasteiger partial charge in [-0.3, -0.25) is 39.0 Å². The molecule has 18 heteroatoms. The van der Waals surface area contributed by atoms with Crippen molar-refractivity contribution in [2.24, 2.45) is 16.8 Å². The number of ether oxygens (including phenoxy) is 3. The predicted molar refractivity (Wildman–Crippen MR) is 166 cm³/mol. The Balaban J connectivity index is 1.48. The normalized spacial score (nSPS) is 16.5. The number of piperidine rings is 1. The van der Waals surface area contributed by atoms with Crippen molar-refractivity contribution < 1.29 is 43.0 Å². The number of imide groups is 2. The van der Waals surface area contributed by atoms with Crippen LogP contribution in [0.3, 0.4) is 0 Å². The molecule has 6 amide bonds. The van der Waals surface area contributed by atoms with Gasteiger partial charge in [-0.25, -0.2) is 0 Å². The van der Waals surface area contributed by atoms with Crippen LogP contribution < -0.4 is 21.7 Å². The van der Waals surface area contributed by atoms with E-state index in [-0.39, 0.29) is 61.7 Å². The number of fused-ring (bicyclic) bond motifs is 1. The van der Waals surface area contributed by atoms with Crippen molar-refractivity contribution in [1.29, 1.82) is 0 Å². The number of amides is 6. The van der Waals surface area contributed by atoms with Crippen LogP contribution >= 0.6 is 11.8 Å². The van der Waals surface area contributed by atoms with Crippen molar-refractivity contribution in [1.82, 2.24) is 15.5 Å². The summed E-state index contributed by atoms with van der Waals surface area (Å²) in [6.45, 7) is 2.75. The van der Waals surface area contributed by atoms with E-state index in [4.69, 9.17) is 25.5 Å². The van der Waals surface area contributed by atoms with Gasteiger partial charge in [-0.15, -0.1) is 0 Å². The van der Waals surface area contributed by atoms with Crippen LogP contribution in [-0.4, -0.2) is 117 Å². The summed E-state index contributed by atoms with van der Waals surface area (Å²) in [5.41, 5.74) is 13.8. The van der Waals surface area contributed by atoms with Crippen molar-refractivity contribution in [3.05, 3.63) is 39.8 Å². The van der Waals surface area contributed by atoms with Crippen LogP contribution in [0.25, 0.3) is 10.4 Å². The summed E-state index contributed by atoms with van der Waals surface area (Å²) in [4.78, 5) is 79.8. The number of anilines is 1. The van der Waals surface area contributed by atoms with E-state index in [1.807, 2.05) is 0 Å². The fourth-order valence-corrected chi connectivity index (χ4v) is 5.55. The number of hydrogen-bond donors (Lipinski definition) is 4. The average Bonchev–Trinajstić information content (AvgIpc) is 3.28. The third kappa shape index (κ3) is 10.8. The molecule has 46 heavy (non-hydrogen) atoms. The second kappa shape index (κ2) is 19.5. The number of carbonyl (C=O) groups excluding carboxylic acids is 6. The monoisotopic (exact) mass is 662 g/mol. The standard InChI is InChI=1S/C28H38N8O9S/c29-6-15-46-17-18(25(39)31-7-9-43-11-13-45-14-12-44-10-8-32-35-30)16-23(38)33-20-3-1-2-19-24(20)28(42)36(27(19)41)21-4-5-22(37)34-26(21)40/h1-3,18,21H,4-17,29H2,(H,31,39)(H,33,38)(H,34,37,40). The van der Waals surface area contributed by atoms with Crippen molar-refractivity contribution in [3.63, 3.8) is 0 Å². The number of nitrogens with two attached hydrogens (primary N) is 1. The largest absolute Gasteiger partial charge is 0.379 e. The molecule has 2 aliphatic rings. The number of nitrogens with zero attached hydrogens (tertiary/aromatic N) is 4. The number of rotatable bonds is 21. The first kappa shape index (κ1) is 36.4. The molecule has 2 heterocycles. The summed E-state index contributed by atoms with van der Waals surface area (Å²) in [5.74, 6) is -3.36. The summed E-state index contributed by atoms with van der Waals surface area (Å²) in [7, 11) is 0. The predicted octanol–water partition coefficient (Wildman–Crippen LogP) is 0.201. The topological polar surface area (TPSA) is 244 Å². The third-order valence-corrected chi connectivity index (χ3v) is 7.98. The van der Waals surface area contributed by atoms with Crippen LogP contribution in [0.4, 0.5) is 5.69 Å². The molecule has 0 bridgehead atoms. The van der Waals surface area contributed by atoms with Crippen LogP contribution in [-0.2, 0) is 33.4 Å². The summed E-state index contributed by atoms with van der Waals surface area (Å²) < 4.78 is 16.1. The lowest BCUT2D eigenvalue weighted by molar-refractivity contribution is -0.136. The highest BCUT2D eigenvalue weighted by Gasteiger charge is 2.45. The summed E-state index contributed by atoms with van der Waals surface area (Å²) in [5, 5.41) is 10.9. The highest BCUT2D eigenvalue weighted by molar-refractivity contribution is 7.99. The summed E-state index contributed by atoms with van der Waals surface area (Å²) in [6.07, 6.45) is -0.213. The second-order valence-corrected chi connectivity index (χ2v) is 11.2. The van der Waals surface area contributed by atoms with Gasteiger partial charge in [0, 0.05) is 48.9 Å². The molecule has 1 aromatic carbocycles. The van der Waals surface area contributed by atoms with E-state index in [1.165, 1.54) is 30.0 Å². The van der Waals surface area contributed by atoms with Gasteiger partial charge in [0.15, 0.2) is 0 Å². The zero-order valence-corrected chi connectivity index (χ0v) is 26.1. The molecule has 2 aliphatic heterocycles. The Hall–Kier alpha value is -4.06. The van der Waals surface area contributed by atoms with Crippen molar-refractivity contribution in [2.45, 2.75) is 25.3 Å². The highest BCUT2D eigenvalue weighted by atomic mass is 32.2. The van der Waals surface area contributed by atoms with E-state index in [0.29, 0.717) is 51.1 Å². The lowest BCUT2D eigenvalue weighted by Crippen LogP contribution is -2.54. The van der Waals surface area contributed by atoms with Crippen molar-refractivity contribution in [2.75, 3.05) is 76.1 Å². The quantitative estimate of drug-likeness (QED) is 0.0455. The number of benzene rings is 1. The Morgan fingerprint density at radius 1 is 1.09 bits per heavy atom. The van der Waals surface area contributed by atoms with Crippen LogP contribution in [0.5, 0.6) is 0 Å². The average molecular weight is 663 g/mol. The Labute approximate surface area is 269 Å². The smallest absolute Gasteiger partial charge is 0.264 e. The van der Waals surface area contributed by atoms with E-state index in [9.17, 15) is 28.8 Å². The molecule has 1 fully saturated rings. The van der Waals surface area contributed by atoms with E-state index >= 15 is 0 Å². The molecular formula is C28H38N8O9S. The molecular weight excluding hydrogens is 624 g/mol. The molecule has 0 radical (unpaired) electrons. The third-order valence-electron chi connectivity index (χ3n) is 6.81. The minimum Gasteiger partial charge on any atom is -0.379 e. The molecule has 5 N–H and O–H groups in total. The molecule has 0 aromatic heterocycles. The van der Waals surface area contributed by atoms with Gasteiger partial charge in [-0.1, -0.05) is 11.2 Å². The van der Waals surface area contributed by atoms with Gasteiger partial charge in [0.1, 0.15) is 6.04 Å². The Morgan fingerprint density at radius 2 is 1.80 bits per heavy atom. The number of azide groups is 1. The minimum absolute atomic E-state index is 0.00553. The van der Waals surface area contributed by atoms with Gasteiger partial charge >= 0.3 is 0 Å². The van der Waals surface area contributed by atoms with Gasteiger partial charge in [0.25, 0.3) is 11.8 Å². The number of hydrogen-bond acceptors (Lipinski definition) is 12. The van der Waals surface area contributed by atoms with Crippen LogP contribution in [0.2, 0.25) is 0 Å². The van der Waals surface area contributed by atoms with Crippen molar-refractivity contribution in [3.8, 4) is 0 Å². The first-order chi connectivity index (χ1) is 22.3. The van der Waals surface area contributed by atoms with Gasteiger partial charge in [-0.05, 0) is 24.1 Å². The van der Waals surface area contributed by atoms with Gasteiger partial charge in [-0.2, -0.15) is 11.8 Å². The van der Waals surface area contributed by atoms with Crippen LogP contribution in [0.15, 0.2) is 23.3 Å². The Kier molecular flexibility index (Phi) is 15.4. The molecule has 2 atom stereocenters. The molecule has 2 unspecified atom stereocenters. The van der Waals surface area contributed by atoms with Crippen LogP contribution in [0, 0.1) is 5.92 Å². The molecule has 3 rings (SSSR count). The van der Waals surface area contributed by atoms with E-state index in [2.05, 4.69) is 26.0 Å². The molecule has 1 aromatic rings. The highest BCUT2D eigenvalue weighted by Crippen LogP contribution is 2.32. The first-order valence-electron chi connectivity index (χ1n) is 14.7. The molecule has 17 nitrogen and oxygen atoms in total. The zero-order valence-electron chi connectivity index (χ0n) is 25.2. The second-order valence-electron chi connectivity index (χ2n) is 10.1. The van der Waals surface area contributed by atoms with Gasteiger partial charge in [0.2, 0.25) is 23.6 Å². The SMILES string of the molecule is [N-]=[N+]=NCCOCCOCCOCCNC(=O)C(CSCCN)CC(=O)Nc1cccc2c1C(=O)N(C1CCC(=O)NC1=O)C2=O. The Morgan fingerprint density at radius 3 is 2.50 bits per heavy atom. The first-order valence-corrected chi connectivity index (χ1v) is 15.9. The zero-order chi connectivity index (χ0) is 33.3. The van der Waals surface area contributed by atoms with Gasteiger partial charge < -0.3 is 30.6 Å². The lowest BCUT2D eigenvalue weighted by atomic mass is 10.0. The maximum atomic E-state index is 13.3. The van der Waals surface area contributed by atoms with Gasteiger partial charge in [0.05, 0.1) is 62.4 Å². The molecule has 0 aliphatic carbocycles. The summed E-state index contributed by atoms with van der Waals surface area (Å²) >= 11 is 1.43. The number of thioether (sulfide) groups is 1. The maximum Gasteiger partial charge on any atom is 0.264 e. The van der Waals surface area contributed by atoms with E-state index in [0.717, 1.165) is 4.90 Å². The van der Waals surface area contributed by atoms with E-state index < -0.39 is 41.5 Å². The van der Waals surface area contributed by atoms with Crippen LogP contribution in [0.1, 0.15) is 40.0 Å². The maximum absolute atomic E-state index is 13.3. The molecule has 0 spiro atoms. The van der Waals surface area contributed by atoms with Crippen molar-refractivity contribution >= 4 is 52.9 Å². The van der Waals surface area contributed by atoms with E-state index in [1.54, 1.807) is 0 Å². The molecule has 1 saturated heterocycles. The fraction of sp³-hybridized carbons (Fsp3) is 0.571. The Bertz CT molecular complexity index is 1320. The lowest BCUT2D eigenvalue weighted by Gasteiger charge is -2.27. The number of nitrogens with one attached hydrogen (secondary N) is 3. The summed E-state index contributed by atoms with van der Waals surface area (Å²) in [6, 6.07) is 3.26. The number of carbonyl (C=O) groups is 6. The molecule has 0 saturated carbocycles. The molecule has 250 valence electrons.